The molecule has 1 amide bonds. The Morgan fingerprint density at radius 3 is 2.37 bits per heavy atom. The van der Waals surface area contributed by atoms with Crippen molar-refractivity contribution < 1.29 is 19.0 Å². The minimum atomic E-state index is -0.303. The molecule has 7 fully saturated rings. The van der Waals surface area contributed by atoms with Crippen molar-refractivity contribution in [1.82, 2.24) is 46.8 Å². The number of hydrogen-bond acceptors (Lipinski definition) is 15. The number of thioether (sulfide) groups is 1. The molecule has 6 N–H and O–H groups in total. The van der Waals surface area contributed by atoms with E-state index in [1.807, 2.05) is 0 Å². The second kappa shape index (κ2) is 19.3. The predicted molar refractivity (Wildman–Crippen MR) is 262 cm³/mol. The number of nitrogens with zero attached hydrogens (tertiary/aromatic N) is 5. The summed E-state index contributed by atoms with van der Waals surface area (Å²) in [6.07, 6.45) is 3.64. The summed E-state index contributed by atoms with van der Waals surface area (Å²) >= 11 is 8.39. The Bertz CT molecular complexity index is 2150. The van der Waals surface area contributed by atoms with E-state index in [0.29, 0.717) is 57.8 Å². The van der Waals surface area contributed by atoms with Crippen LogP contribution in [0.3, 0.4) is 0 Å². The predicted octanol–water partition coefficient (Wildman–Crippen LogP) is 4.38. The maximum Gasteiger partial charge on any atom is 0.225 e. The third kappa shape index (κ3) is 9.37. The maximum absolute atomic E-state index is 13.7. The van der Waals surface area contributed by atoms with E-state index in [9.17, 15) is 10.1 Å². The average Bonchev–Trinajstić information content (AvgIpc) is 4.02. The van der Waals surface area contributed by atoms with Gasteiger partial charge in [-0.3, -0.25) is 40.4 Å². The molecule has 1 saturated carbocycles. The molecule has 8 atom stereocenters. The molecule has 0 aromatic heterocycles. The summed E-state index contributed by atoms with van der Waals surface area (Å²) < 4.78 is 19.0. The Morgan fingerprint density at radius 2 is 1.70 bits per heavy atom. The van der Waals surface area contributed by atoms with Crippen LogP contribution in [0, 0.1) is 45.8 Å². The molecule has 7 aliphatic heterocycles. The van der Waals surface area contributed by atoms with Crippen LogP contribution in [0.25, 0.3) is 0 Å². The zero-order valence-corrected chi connectivity index (χ0v) is 41.8. The van der Waals surface area contributed by atoms with Gasteiger partial charge in [-0.25, -0.2) is 10.9 Å². The molecule has 6 saturated heterocycles. The van der Waals surface area contributed by atoms with Crippen molar-refractivity contribution in [3.63, 3.8) is 0 Å². The van der Waals surface area contributed by atoms with Crippen LogP contribution >= 0.6 is 23.4 Å². The lowest BCUT2D eigenvalue weighted by Crippen LogP contribution is -2.75. The summed E-state index contributed by atoms with van der Waals surface area (Å²) in [5.74, 6) is 2.96. The number of benzene rings is 2. The van der Waals surface area contributed by atoms with Crippen LogP contribution in [0.1, 0.15) is 78.9 Å². The third-order valence-corrected chi connectivity index (χ3v) is 18.5. The number of aliphatic imine (C=N–C) groups is 1. The maximum atomic E-state index is 13.7. The highest BCUT2D eigenvalue weighted by molar-refractivity contribution is 8.00. The van der Waals surface area contributed by atoms with E-state index in [1.165, 1.54) is 11.3 Å². The van der Waals surface area contributed by atoms with Crippen molar-refractivity contribution in [3.8, 4) is 17.6 Å². The summed E-state index contributed by atoms with van der Waals surface area (Å²) in [6, 6.07) is 16.1. The van der Waals surface area contributed by atoms with Crippen molar-refractivity contribution in [2.45, 2.75) is 127 Å². The fourth-order valence-corrected chi connectivity index (χ4v) is 14.9. The van der Waals surface area contributed by atoms with Gasteiger partial charge in [0.1, 0.15) is 42.3 Å². The SMILES string of the molecule is CC1SC2C(C(c3ccc(OC4CN(CC5CCN(C6NCC(C(=O)NC7C(C)(C)C(Oc8ccc(C#N)c(Cl)c8)C7(C)C)CN6)CC5)C4)cc3)=N[C@@H](CC3NCCO3)C3NNC(C)N23)C1C. The van der Waals surface area contributed by atoms with Crippen LogP contribution in [0.4, 0.5) is 0 Å². The molecule has 2 aromatic carbocycles. The van der Waals surface area contributed by atoms with Gasteiger partial charge >= 0.3 is 0 Å². The lowest BCUT2D eigenvalue weighted by atomic mass is 9.49. The summed E-state index contributed by atoms with van der Waals surface area (Å²) in [5.41, 5.74) is 9.39. The zero-order chi connectivity index (χ0) is 46.8. The number of likely N-dealkylation sites (tertiary alicyclic amines) is 2. The lowest BCUT2D eigenvalue weighted by molar-refractivity contribution is -0.174. The molecule has 0 bridgehead atoms. The number of amides is 1. The van der Waals surface area contributed by atoms with Gasteiger partial charge < -0.3 is 19.5 Å². The minimum absolute atomic E-state index is 0.0246. The second-order valence-corrected chi connectivity index (χ2v) is 23.7. The first-order valence-corrected chi connectivity index (χ1v) is 26.2. The molecule has 2 aromatic rings. The molecule has 10 rings (SSSR count). The molecule has 0 radical (unpaired) electrons. The van der Waals surface area contributed by atoms with Crippen molar-refractivity contribution in [2.24, 2.45) is 39.5 Å². The number of halogens is 1. The number of nitrogens with one attached hydrogen (secondary N) is 6. The Morgan fingerprint density at radius 1 is 0.985 bits per heavy atom. The van der Waals surface area contributed by atoms with Crippen LogP contribution in [0.5, 0.6) is 11.5 Å². The van der Waals surface area contributed by atoms with Crippen molar-refractivity contribution in [3.05, 3.63) is 58.6 Å². The Labute approximate surface area is 406 Å². The van der Waals surface area contributed by atoms with Gasteiger partial charge in [-0.05, 0) is 73.6 Å². The fraction of sp³-hybridized carbons (Fsp3) is 0.700. The molecule has 0 spiro atoms. The largest absolute Gasteiger partial charge is 0.489 e. The smallest absolute Gasteiger partial charge is 0.225 e. The molecule has 15 nitrogen and oxygen atoms in total. The van der Waals surface area contributed by atoms with Crippen LogP contribution in [0.2, 0.25) is 5.02 Å². The first-order chi connectivity index (χ1) is 32.2. The Kier molecular flexibility index (Phi) is 13.7. The van der Waals surface area contributed by atoms with Gasteiger partial charge in [0.25, 0.3) is 0 Å². The molecule has 364 valence electrons. The fourth-order valence-electron chi connectivity index (χ4n) is 12.9. The average molecular weight is 959 g/mol. The highest BCUT2D eigenvalue weighted by Gasteiger charge is 2.64. The molecular weight excluding hydrogens is 886 g/mol. The number of carbonyl (C=O) groups excluding carboxylic acids is 1. The van der Waals surface area contributed by atoms with Gasteiger partial charge in [-0.2, -0.15) is 5.26 Å². The van der Waals surface area contributed by atoms with Crippen LogP contribution in [0.15, 0.2) is 47.5 Å². The highest BCUT2D eigenvalue weighted by Crippen LogP contribution is 2.56. The first kappa shape index (κ1) is 47.6. The van der Waals surface area contributed by atoms with E-state index in [0.717, 1.165) is 70.9 Å². The van der Waals surface area contributed by atoms with E-state index in [1.54, 1.807) is 18.2 Å². The van der Waals surface area contributed by atoms with Gasteiger partial charge in [0, 0.05) is 98.6 Å². The number of nitriles is 1. The van der Waals surface area contributed by atoms with Gasteiger partial charge in [-0.15, -0.1) is 11.8 Å². The van der Waals surface area contributed by atoms with Gasteiger partial charge in [0.2, 0.25) is 5.91 Å². The second-order valence-electron chi connectivity index (χ2n) is 21.8. The number of hydrogen-bond donors (Lipinski definition) is 6. The van der Waals surface area contributed by atoms with Crippen LogP contribution in [-0.2, 0) is 9.53 Å². The number of hydrazine groups is 1. The topological polar surface area (TPSA) is 163 Å². The molecule has 8 aliphatic rings. The molecule has 1 aliphatic carbocycles. The molecular formula is C50H72ClN11O4S. The normalized spacial score (nSPS) is 36.7. The van der Waals surface area contributed by atoms with E-state index in [2.05, 4.69) is 137 Å². The van der Waals surface area contributed by atoms with E-state index in [-0.39, 0.29) is 71.8 Å². The van der Waals surface area contributed by atoms with E-state index < -0.39 is 0 Å². The van der Waals surface area contributed by atoms with Gasteiger partial charge in [-0.1, -0.05) is 53.1 Å². The van der Waals surface area contributed by atoms with Crippen LogP contribution in [-0.4, -0.2) is 145 Å². The van der Waals surface area contributed by atoms with E-state index >= 15 is 0 Å². The van der Waals surface area contributed by atoms with Crippen molar-refractivity contribution in [1.29, 1.82) is 5.26 Å². The summed E-state index contributed by atoms with van der Waals surface area (Å²) in [7, 11) is 0. The Hall–Kier alpha value is -3.05. The van der Waals surface area contributed by atoms with E-state index in [4.69, 9.17) is 30.8 Å². The first-order valence-electron chi connectivity index (χ1n) is 24.9. The number of carbonyl (C=O) groups is 1. The van der Waals surface area contributed by atoms with Crippen molar-refractivity contribution in [2.75, 3.05) is 59.0 Å². The summed E-state index contributed by atoms with van der Waals surface area (Å²) in [4.78, 5) is 27.0. The van der Waals surface area contributed by atoms with Crippen LogP contribution < -0.4 is 41.6 Å². The number of rotatable bonds is 12. The lowest BCUT2D eigenvalue weighted by Gasteiger charge is -2.63. The molecule has 17 heteroatoms. The molecule has 7 heterocycles. The summed E-state index contributed by atoms with van der Waals surface area (Å²) in [5, 5.41) is 24.7. The molecule has 7 unspecified atom stereocenters. The highest BCUT2D eigenvalue weighted by atomic mass is 35.5. The monoisotopic (exact) mass is 958 g/mol. The summed E-state index contributed by atoms with van der Waals surface area (Å²) in [6.45, 7) is 23.6. The molecule has 67 heavy (non-hydrogen) atoms. The van der Waals surface area contributed by atoms with Gasteiger partial charge in [0.05, 0.1) is 46.9 Å². The quantitative estimate of drug-likeness (QED) is 0.178. The third-order valence-electron chi connectivity index (χ3n) is 16.5. The van der Waals surface area contributed by atoms with Gasteiger partial charge in [0.15, 0.2) is 0 Å². The van der Waals surface area contributed by atoms with Crippen molar-refractivity contribution >= 4 is 35.0 Å². The minimum Gasteiger partial charge on any atom is -0.489 e. The number of ether oxygens (including phenoxy) is 3. The number of piperidine rings is 1. The standard InChI is InChI=1S/C50H72ClN11O4S/c1-28-29(2)67-45-41(28)42(56-39(21-40-53-16-19-64-40)43-59-58-30(3)62(43)45)32-8-11-35(12-9-32)65-37-26-60(27-37)25-31-14-17-61(18-15-31)48-54-23-34(24-55-48)44(63)57-46-49(4,5)47(50(46,6)7)66-36-13-10-33(22-52)38(51)20-36/h8-13,20,28-31,34,37,39-41,43,45-48,53-55,58-59H,14-19,21,23-27H2,1-7H3,(H,57,63)/t28?,29?,30?,34?,39-,40?,41?,43?,45?,46?,47?,48?/m0/s1. The Balaban J connectivity index is 0.660. The zero-order valence-electron chi connectivity index (χ0n) is 40.3. The number of fused-ring (bicyclic) bond motifs is 3.